The fourth-order valence-electron chi connectivity index (χ4n) is 2.89. The van der Waals surface area contributed by atoms with Gasteiger partial charge in [-0.25, -0.2) is 9.36 Å². The summed E-state index contributed by atoms with van der Waals surface area (Å²) in [6.45, 7) is 1.37. The number of imidazole rings is 1. The molecule has 3 rings (SSSR count). The van der Waals surface area contributed by atoms with Crippen LogP contribution >= 0.6 is 0 Å². The number of nitrogen functional groups attached to an aromatic ring is 1. The Morgan fingerprint density at radius 1 is 1.58 bits per heavy atom. The van der Waals surface area contributed by atoms with E-state index in [1.807, 2.05) is 0 Å². The van der Waals surface area contributed by atoms with Gasteiger partial charge in [0.1, 0.15) is 6.10 Å². The summed E-state index contributed by atoms with van der Waals surface area (Å²) >= 11 is 0. The predicted molar refractivity (Wildman–Crippen MR) is 84.1 cm³/mol. The molecule has 0 radical (unpaired) electrons. The first kappa shape index (κ1) is 16.3. The number of hydrogen-bond acceptors (Lipinski definition) is 7. The van der Waals surface area contributed by atoms with E-state index in [0.717, 1.165) is 9.13 Å². The van der Waals surface area contributed by atoms with Crippen LogP contribution in [0.4, 0.5) is 5.95 Å². The van der Waals surface area contributed by atoms with Gasteiger partial charge in [0.05, 0.1) is 18.8 Å². The first-order valence-electron chi connectivity index (χ1n) is 7.30. The van der Waals surface area contributed by atoms with Crippen molar-refractivity contribution in [1.29, 1.82) is 0 Å². The second-order valence-corrected chi connectivity index (χ2v) is 5.67. The molecule has 5 N–H and O–H groups in total. The summed E-state index contributed by atoms with van der Waals surface area (Å²) in [5, 5.41) is 19.9. The number of aromatic amines is 1. The predicted octanol–water partition coefficient (Wildman–Crippen LogP) is -1.87. The number of terminal acetylenes is 1. The lowest BCUT2D eigenvalue weighted by Crippen LogP contribution is -2.32. The van der Waals surface area contributed by atoms with Crippen LogP contribution < -0.4 is 17.0 Å². The van der Waals surface area contributed by atoms with Crippen LogP contribution in [-0.4, -0.2) is 47.6 Å². The van der Waals surface area contributed by atoms with Gasteiger partial charge in [-0.05, 0) is 6.92 Å². The molecule has 0 aromatic carbocycles. The number of fused-ring (bicyclic) bond motifs is 1. The molecule has 1 saturated heterocycles. The highest BCUT2D eigenvalue weighted by Gasteiger charge is 2.40. The van der Waals surface area contributed by atoms with Gasteiger partial charge in [-0.2, -0.15) is 4.98 Å². The number of aliphatic hydroxyl groups excluding tert-OH is 2. The minimum atomic E-state index is -1.10. The molecule has 4 atom stereocenters. The third kappa shape index (κ3) is 2.39. The van der Waals surface area contributed by atoms with E-state index in [-0.39, 0.29) is 30.1 Å². The zero-order chi connectivity index (χ0) is 17.6. The molecule has 1 aliphatic rings. The zero-order valence-electron chi connectivity index (χ0n) is 12.8. The largest absolute Gasteiger partial charge is 0.391 e. The first-order valence-corrected chi connectivity index (χ1v) is 7.30. The van der Waals surface area contributed by atoms with Crippen molar-refractivity contribution in [2.45, 2.75) is 44.4 Å². The third-order valence-electron chi connectivity index (χ3n) is 3.99. The Labute approximate surface area is 135 Å². The monoisotopic (exact) mass is 335 g/mol. The average Bonchev–Trinajstić information content (AvgIpc) is 2.99. The maximum atomic E-state index is 12.7. The third-order valence-corrected chi connectivity index (χ3v) is 3.99. The van der Waals surface area contributed by atoms with Crippen LogP contribution in [0.5, 0.6) is 0 Å². The SMILES string of the molecule is C#CCn1c(=O)n([C@@H]2O[C@H]([C@H](C)O)C[C@H]2O)c2nc(N)[nH]c(=O)c21. The van der Waals surface area contributed by atoms with Gasteiger partial charge in [-0.3, -0.25) is 14.3 Å². The van der Waals surface area contributed by atoms with Gasteiger partial charge in [0, 0.05) is 6.42 Å². The maximum Gasteiger partial charge on any atom is 0.333 e. The molecule has 0 bridgehead atoms. The zero-order valence-corrected chi connectivity index (χ0v) is 12.8. The summed E-state index contributed by atoms with van der Waals surface area (Å²) in [6, 6.07) is 0. The molecule has 0 saturated carbocycles. The molecule has 10 heteroatoms. The Morgan fingerprint density at radius 2 is 2.29 bits per heavy atom. The lowest BCUT2D eigenvalue weighted by Gasteiger charge is -2.17. The number of rotatable bonds is 3. The smallest absolute Gasteiger partial charge is 0.333 e. The molecule has 2 aromatic heterocycles. The Morgan fingerprint density at radius 3 is 2.88 bits per heavy atom. The summed E-state index contributed by atoms with van der Waals surface area (Å²) in [5.41, 5.74) is 4.20. The lowest BCUT2D eigenvalue weighted by atomic mass is 10.1. The molecule has 0 unspecified atom stereocenters. The summed E-state index contributed by atoms with van der Waals surface area (Å²) in [6.07, 6.45) is 1.75. The van der Waals surface area contributed by atoms with E-state index in [2.05, 4.69) is 15.9 Å². The van der Waals surface area contributed by atoms with Gasteiger partial charge in [-0.15, -0.1) is 6.42 Å². The minimum absolute atomic E-state index is 0.0354. The number of aromatic nitrogens is 4. The molecule has 1 aliphatic heterocycles. The molecule has 0 amide bonds. The first-order chi connectivity index (χ1) is 11.3. The molecule has 0 spiro atoms. The summed E-state index contributed by atoms with van der Waals surface area (Å²) in [5.74, 6) is 2.11. The van der Waals surface area contributed by atoms with Gasteiger partial charge in [-0.1, -0.05) is 5.92 Å². The number of nitrogens with one attached hydrogen (secondary N) is 1. The molecule has 1 fully saturated rings. The minimum Gasteiger partial charge on any atom is -0.391 e. The standard InChI is InChI=1S/C14H17N5O5/c1-3-4-18-9-10(16-13(15)17-11(9)22)19(14(18)23)12-7(21)5-8(24-12)6(2)20/h1,6-8,12,20-21H,4-5H2,2H3,(H3,15,16,17,22)/t6-,7+,8-,12+/m0/s1. The van der Waals surface area contributed by atoms with Crippen molar-refractivity contribution in [1.82, 2.24) is 19.1 Å². The fourth-order valence-corrected chi connectivity index (χ4v) is 2.89. The van der Waals surface area contributed by atoms with Gasteiger partial charge in [0.25, 0.3) is 5.56 Å². The van der Waals surface area contributed by atoms with Gasteiger partial charge in [0.15, 0.2) is 17.4 Å². The second kappa shape index (κ2) is 5.79. The molecule has 128 valence electrons. The number of aliphatic hydroxyl groups is 2. The fraction of sp³-hybridized carbons (Fsp3) is 0.500. The normalized spacial score (nSPS) is 25.0. The van der Waals surface area contributed by atoms with Crippen LogP contribution in [0.15, 0.2) is 9.59 Å². The lowest BCUT2D eigenvalue weighted by molar-refractivity contribution is -0.0709. The summed E-state index contributed by atoms with van der Waals surface area (Å²) in [7, 11) is 0. The van der Waals surface area contributed by atoms with E-state index in [4.69, 9.17) is 16.9 Å². The number of H-pyrrole nitrogens is 1. The van der Waals surface area contributed by atoms with Crippen molar-refractivity contribution in [2.24, 2.45) is 0 Å². The molecular formula is C14H17N5O5. The molecule has 2 aromatic rings. The van der Waals surface area contributed by atoms with Crippen molar-refractivity contribution in [2.75, 3.05) is 5.73 Å². The van der Waals surface area contributed by atoms with E-state index in [9.17, 15) is 19.8 Å². The van der Waals surface area contributed by atoms with E-state index < -0.39 is 35.8 Å². The molecule has 24 heavy (non-hydrogen) atoms. The van der Waals surface area contributed by atoms with Gasteiger partial charge >= 0.3 is 5.69 Å². The Hall–Kier alpha value is -2.61. The van der Waals surface area contributed by atoms with Crippen LogP contribution in [-0.2, 0) is 11.3 Å². The Balaban J connectivity index is 2.26. The van der Waals surface area contributed by atoms with Crippen LogP contribution in [0.1, 0.15) is 19.6 Å². The number of anilines is 1. The van der Waals surface area contributed by atoms with Crippen molar-refractivity contribution in [3.05, 3.63) is 20.8 Å². The molecule has 3 heterocycles. The average molecular weight is 335 g/mol. The Kier molecular flexibility index (Phi) is 3.92. The number of nitrogens with two attached hydrogens (primary N) is 1. The molecule has 0 aliphatic carbocycles. The highest BCUT2D eigenvalue weighted by atomic mass is 16.5. The van der Waals surface area contributed by atoms with Crippen molar-refractivity contribution < 1.29 is 14.9 Å². The topological polar surface area (TPSA) is 148 Å². The maximum absolute atomic E-state index is 12.7. The highest BCUT2D eigenvalue weighted by molar-refractivity contribution is 5.72. The van der Waals surface area contributed by atoms with Gasteiger partial charge in [0.2, 0.25) is 5.95 Å². The number of hydrogen-bond donors (Lipinski definition) is 4. The quantitative estimate of drug-likeness (QED) is 0.480. The van der Waals surface area contributed by atoms with Crippen molar-refractivity contribution in [3.8, 4) is 12.3 Å². The van der Waals surface area contributed by atoms with Crippen molar-refractivity contribution in [3.63, 3.8) is 0 Å². The molecule has 10 nitrogen and oxygen atoms in total. The van der Waals surface area contributed by atoms with Crippen molar-refractivity contribution >= 4 is 17.1 Å². The van der Waals surface area contributed by atoms with Crippen LogP contribution in [0.3, 0.4) is 0 Å². The van der Waals surface area contributed by atoms with Crippen LogP contribution in [0, 0.1) is 12.3 Å². The van der Waals surface area contributed by atoms with E-state index in [1.165, 1.54) is 6.92 Å². The Bertz CT molecular complexity index is 934. The summed E-state index contributed by atoms with van der Waals surface area (Å²) < 4.78 is 7.70. The van der Waals surface area contributed by atoms with E-state index >= 15 is 0 Å². The molecular weight excluding hydrogens is 318 g/mol. The van der Waals surface area contributed by atoms with E-state index in [1.54, 1.807) is 0 Å². The van der Waals surface area contributed by atoms with Gasteiger partial charge < -0.3 is 20.7 Å². The van der Waals surface area contributed by atoms with E-state index in [0.29, 0.717) is 0 Å². The second-order valence-electron chi connectivity index (χ2n) is 5.67. The number of ether oxygens (including phenoxy) is 1. The highest BCUT2D eigenvalue weighted by Crippen LogP contribution is 2.31. The van der Waals surface area contributed by atoms with Crippen LogP contribution in [0.25, 0.3) is 11.2 Å². The summed E-state index contributed by atoms with van der Waals surface area (Å²) in [4.78, 5) is 31.2. The number of nitrogens with zero attached hydrogens (tertiary/aromatic N) is 3. The van der Waals surface area contributed by atoms with Crippen LogP contribution in [0.2, 0.25) is 0 Å².